The molecule has 0 fully saturated rings. The van der Waals surface area contributed by atoms with Gasteiger partial charge in [0.05, 0.1) is 5.97 Å². The molecule has 0 unspecified atom stereocenters. The third kappa shape index (κ3) is 4.23. The summed E-state index contributed by atoms with van der Waals surface area (Å²) in [4.78, 5) is 11.5. The van der Waals surface area contributed by atoms with Crippen LogP contribution in [-0.4, -0.2) is 11.1 Å². The molecular weight excluding hydrogens is 251 g/mol. The van der Waals surface area contributed by atoms with E-state index in [2.05, 4.69) is 0 Å². The summed E-state index contributed by atoms with van der Waals surface area (Å²) < 4.78 is 0. The first-order valence-corrected chi connectivity index (χ1v) is 6.04. The molecule has 4 heteroatoms. The number of carbonyl (C=O) groups is 1. The van der Waals surface area contributed by atoms with Crippen LogP contribution in [0.15, 0.2) is 12.1 Å². The maximum absolute atomic E-state index is 11.5. The van der Waals surface area contributed by atoms with Crippen molar-refractivity contribution in [3.63, 3.8) is 0 Å². The Balaban J connectivity index is 0.00000324. The van der Waals surface area contributed by atoms with Gasteiger partial charge in [0.15, 0.2) is 0 Å². The van der Waals surface area contributed by atoms with E-state index in [1.165, 1.54) is 12.1 Å². The molecule has 0 bridgehead atoms. The Bertz CT molecular complexity index is 444. The molecule has 0 spiro atoms. The molecule has 0 aliphatic heterocycles. The van der Waals surface area contributed by atoms with E-state index in [1.54, 1.807) is 0 Å². The first-order valence-electron chi connectivity index (χ1n) is 6.04. The van der Waals surface area contributed by atoms with E-state index in [-0.39, 0.29) is 51.7 Å². The number of aromatic carboxylic acids is 1. The third-order valence-electron chi connectivity index (χ3n) is 2.94. The SMILES string of the molecule is CC(C)(C)c1cc(O)cc(C(C)(C)C)c1C(=O)[O-].[Na+]. The number of aromatic hydroxyl groups is 1. The Kier molecular flexibility index (Phi) is 5.70. The zero-order valence-corrected chi connectivity index (χ0v) is 14.9. The smallest absolute Gasteiger partial charge is 0.545 e. The van der Waals surface area contributed by atoms with Crippen molar-refractivity contribution in [3.05, 3.63) is 28.8 Å². The van der Waals surface area contributed by atoms with Crippen LogP contribution in [-0.2, 0) is 10.8 Å². The molecule has 1 N–H and O–H groups in total. The summed E-state index contributed by atoms with van der Waals surface area (Å²) in [5.41, 5.74) is 0.676. The second-order valence-electron chi connectivity index (χ2n) is 6.70. The number of phenols is 1. The zero-order valence-electron chi connectivity index (χ0n) is 12.9. The van der Waals surface area contributed by atoms with Gasteiger partial charge in [0.1, 0.15) is 5.75 Å². The number of phenolic OH excluding ortho intramolecular Hbond substituents is 1. The van der Waals surface area contributed by atoms with Crippen LogP contribution in [0.2, 0.25) is 0 Å². The summed E-state index contributed by atoms with van der Waals surface area (Å²) in [5.74, 6) is -1.10. The van der Waals surface area contributed by atoms with Gasteiger partial charge in [0.2, 0.25) is 0 Å². The number of benzene rings is 1. The van der Waals surface area contributed by atoms with Gasteiger partial charge in [-0.1, -0.05) is 41.5 Å². The topological polar surface area (TPSA) is 60.4 Å². The summed E-state index contributed by atoms with van der Waals surface area (Å²) in [7, 11) is 0. The molecule has 0 aliphatic rings. The summed E-state index contributed by atoms with van der Waals surface area (Å²) in [6.45, 7) is 11.5. The number of rotatable bonds is 1. The van der Waals surface area contributed by atoms with Gasteiger partial charge < -0.3 is 15.0 Å². The largest absolute Gasteiger partial charge is 1.00 e. The van der Waals surface area contributed by atoms with Gasteiger partial charge in [-0.15, -0.1) is 0 Å². The fourth-order valence-corrected chi connectivity index (χ4v) is 2.03. The van der Waals surface area contributed by atoms with Crippen molar-refractivity contribution in [3.8, 4) is 5.75 Å². The van der Waals surface area contributed by atoms with E-state index in [1.807, 2.05) is 41.5 Å². The van der Waals surface area contributed by atoms with Crippen LogP contribution in [0.1, 0.15) is 63.0 Å². The predicted octanol–water partition coefficient (Wildman–Crippen LogP) is -0.645. The number of hydrogen-bond donors (Lipinski definition) is 1. The van der Waals surface area contributed by atoms with Crippen LogP contribution in [0.25, 0.3) is 0 Å². The van der Waals surface area contributed by atoms with E-state index in [0.717, 1.165) is 0 Å². The summed E-state index contributed by atoms with van der Waals surface area (Å²) in [6, 6.07) is 3.03. The summed E-state index contributed by atoms with van der Waals surface area (Å²) >= 11 is 0. The van der Waals surface area contributed by atoms with Crippen molar-refractivity contribution < 1.29 is 44.6 Å². The Morgan fingerprint density at radius 2 is 1.32 bits per heavy atom. The van der Waals surface area contributed by atoms with E-state index < -0.39 is 5.97 Å². The van der Waals surface area contributed by atoms with Crippen molar-refractivity contribution >= 4 is 5.97 Å². The number of carbonyl (C=O) groups excluding carboxylic acids is 1. The van der Waals surface area contributed by atoms with Gasteiger partial charge in [-0.2, -0.15) is 0 Å². The van der Waals surface area contributed by atoms with Crippen LogP contribution >= 0.6 is 0 Å². The minimum atomic E-state index is -1.19. The van der Waals surface area contributed by atoms with E-state index >= 15 is 0 Å². The summed E-state index contributed by atoms with van der Waals surface area (Å²) in [6.07, 6.45) is 0. The fraction of sp³-hybridized carbons (Fsp3) is 0.533. The van der Waals surface area contributed by atoms with Gasteiger partial charge in [0.25, 0.3) is 0 Å². The van der Waals surface area contributed by atoms with Crippen LogP contribution < -0.4 is 34.7 Å². The normalized spacial score (nSPS) is 11.9. The molecule has 19 heavy (non-hydrogen) atoms. The van der Waals surface area contributed by atoms with Gasteiger partial charge in [0, 0.05) is 5.56 Å². The van der Waals surface area contributed by atoms with Gasteiger partial charge in [-0.25, -0.2) is 0 Å². The Labute approximate surface area is 137 Å². The first-order chi connectivity index (χ1) is 7.94. The molecule has 0 saturated carbocycles. The van der Waals surface area contributed by atoms with Crippen LogP contribution in [0.3, 0.4) is 0 Å². The van der Waals surface area contributed by atoms with Gasteiger partial charge in [-0.05, 0) is 34.1 Å². The molecule has 0 aliphatic carbocycles. The molecule has 0 aromatic heterocycles. The average Bonchev–Trinajstić information content (AvgIpc) is 2.12. The number of hydrogen-bond acceptors (Lipinski definition) is 3. The standard InChI is InChI=1S/C15H22O3.Na/c1-14(2,3)10-7-9(16)8-11(15(4,5)6)12(10)13(17)18;/h7-8,16H,1-6H3,(H,17,18);/q;+1/p-1. The second-order valence-corrected chi connectivity index (χ2v) is 6.70. The predicted molar refractivity (Wildman–Crippen MR) is 69.8 cm³/mol. The fourth-order valence-electron chi connectivity index (χ4n) is 2.03. The van der Waals surface area contributed by atoms with Crippen molar-refractivity contribution in [1.29, 1.82) is 0 Å². The molecule has 0 heterocycles. The molecule has 0 radical (unpaired) electrons. The molecule has 3 nitrogen and oxygen atoms in total. The molecule has 0 saturated heterocycles. The Morgan fingerprint density at radius 1 is 1.00 bits per heavy atom. The maximum atomic E-state index is 11.5. The van der Waals surface area contributed by atoms with E-state index in [4.69, 9.17) is 0 Å². The quantitative estimate of drug-likeness (QED) is 0.692. The number of carboxylic acids is 1. The third-order valence-corrected chi connectivity index (χ3v) is 2.94. The van der Waals surface area contributed by atoms with E-state index in [0.29, 0.717) is 11.1 Å². The van der Waals surface area contributed by atoms with Gasteiger partial charge >= 0.3 is 29.6 Å². The maximum Gasteiger partial charge on any atom is 1.00 e. The Morgan fingerprint density at radius 3 is 1.53 bits per heavy atom. The van der Waals surface area contributed by atoms with Crippen LogP contribution in [0.4, 0.5) is 0 Å². The second kappa shape index (κ2) is 5.86. The van der Waals surface area contributed by atoms with Crippen molar-refractivity contribution in [2.45, 2.75) is 52.4 Å². The summed E-state index contributed by atoms with van der Waals surface area (Å²) in [5, 5.41) is 21.3. The van der Waals surface area contributed by atoms with Crippen LogP contribution in [0, 0.1) is 0 Å². The molecule has 1 aromatic carbocycles. The van der Waals surface area contributed by atoms with Crippen molar-refractivity contribution in [2.24, 2.45) is 0 Å². The zero-order chi connectivity index (χ0) is 14.3. The molecule has 100 valence electrons. The average molecular weight is 272 g/mol. The molecule has 1 rings (SSSR count). The van der Waals surface area contributed by atoms with Gasteiger partial charge in [-0.3, -0.25) is 0 Å². The molecule has 1 aromatic rings. The Hall–Kier alpha value is -0.510. The minimum absolute atomic E-state index is 0. The molecule has 0 atom stereocenters. The van der Waals surface area contributed by atoms with Crippen molar-refractivity contribution in [2.75, 3.05) is 0 Å². The van der Waals surface area contributed by atoms with Crippen molar-refractivity contribution in [1.82, 2.24) is 0 Å². The van der Waals surface area contributed by atoms with Crippen LogP contribution in [0.5, 0.6) is 5.75 Å². The molecular formula is C15H21NaO3. The molecule has 0 amide bonds. The number of carboxylic acid groups (broad SMARTS) is 1. The monoisotopic (exact) mass is 272 g/mol. The first kappa shape index (κ1) is 18.5. The minimum Gasteiger partial charge on any atom is -0.545 e. The van der Waals surface area contributed by atoms with E-state index in [9.17, 15) is 15.0 Å².